The second kappa shape index (κ2) is 6.32. The lowest BCUT2D eigenvalue weighted by atomic mass is 10.1. The number of hydrogen-bond donors (Lipinski definition) is 0. The van der Waals surface area contributed by atoms with Crippen molar-refractivity contribution in [2.75, 3.05) is 7.11 Å². The van der Waals surface area contributed by atoms with Gasteiger partial charge in [0.05, 0.1) is 12.8 Å². The first kappa shape index (κ1) is 14.8. The van der Waals surface area contributed by atoms with Gasteiger partial charge < -0.3 is 4.74 Å². The van der Waals surface area contributed by atoms with Gasteiger partial charge in [0.25, 0.3) is 0 Å². The number of benzene rings is 2. The van der Waals surface area contributed by atoms with Crippen LogP contribution in [0.25, 0.3) is 16.9 Å². The van der Waals surface area contributed by atoms with Gasteiger partial charge in [-0.2, -0.15) is 5.26 Å². The number of methoxy groups -OCH3 is 1. The van der Waals surface area contributed by atoms with Crippen LogP contribution in [-0.2, 0) is 6.42 Å². The Kier molecular flexibility index (Phi) is 4.07. The first-order chi connectivity index (χ1) is 11.3. The number of aromatic nitrogens is 3. The Hall–Kier alpha value is -3.13. The highest BCUT2D eigenvalue weighted by molar-refractivity contribution is 5.68. The molecule has 0 spiro atoms. The van der Waals surface area contributed by atoms with Crippen LogP contribution in [-0.4, -0.2) is 22.1 Å². The molecule has 5 heteroatoms. The molecule has 1 aromatic heterocycles. The van der Waals surface area contributed by atoms with Gasteiger partial charge in [-0.1, -0.05) is 36.4 Å². The summed E-state index contributed by atoms with van der Waals surface area (Å²) in [4.78, 5) is 0. The van der Waals surface area contributed by atoms with Gasteiger partial charge in [0.2, 0.25) is 0 Å². The van der Waals surface area contributed by atoms with Crippen LogP contribution in [0, 0.1) is 11.3 Å². The molecule has 0 unspecified atom stereocenters. The van der Waals surface area contributed by atoms with E-state index < -0.39 is 0 Å². The smallest absolute Gasteiger partial charge is 0.191 e. The zero-order valence-electron chi connectivity index (χ0n) is 13.0. The molecule has 3 rings (SSSR count). The molecule has 0 saturated carbocycles. The third-order valence-corrected chi connectivity index (χ3v) is 3.71. The van der Waals surface area contributed by atoms with Crippen LogP contribution in [0.15, 0.2) is 48.5 Å². The normalized spacial score (nSPS) is 10.3. The topological polar surface area (TPSA) is 63.7 Å². The molecule has 0 aliphatic rings. The summed E-state index contributed by atoms with van der Waals surface area (Å²) in [5.74, 6) is 0.723. The van der Waals surface area contributed by atoms with Crippen molar-refractivity contribution in [2.45, 2.75) is 13.3 Å². The van der Waals surface area contributed by atoms with Crippen LogP contribution >= 0.6 is 0 Å². The molecule has 0 fully saturated rings. The van der Waals surface area contributed by atoms with Crippen molar-refractivity contribution < 1.29 is 4.74 Å². The Morgan fingerprint density at radius 1 is 1.17 bits per heavy atom. The van der Waals surface area contributed by atoms with Crippen molar-refractivity contribution in [1.82, 2.24) is 15.0 Å². The molecule has 0 bridgehead atoms. The molecule has 0 aliphatic heterocycles. The summed E-state index contributed by atoms with van der Waals surface area (Å²) >= 11 is 0. The minimum atomic E-state index is 0.290. The average Bonchev–Trinajstić information content (AvgIpc) is 3.06. The maximum absolute atomic E-state index is 9.35. The van der Waals surface area contributed by atoms with E-state index in [4.69, 9.17) is 4.74 Å². The van der Waals surface area contributed by atoms with Gasteiger partial charge in [0.1, 0.15) is 17.5 Å². The lowest BCUT2D eigenvalue weighted by Gasteiger charge is -2.08. The Bertz CT molecular complexity index is 859. The van der Waals surface area contributed by atoms with Crippen molar-refractivity contribution in [1.29, 1.82) is 5.26 Å². The summed E-state index contributed by atoms with van der Waals surface area (Å²) < 4.78 is 6.96. The zero-order valence-corrected chi connectivity index (χ0v) is 13.0. The average molecular weight is 304 g/mol. The highest BCUT2D eigenvalue weighted by Crippen LogP contribution is 2.27. The summed E-state index contributed by atoms with van der Waals surface area (Å²) in [5, 5.41) is 17.5. The molecule has 0 aliphatic carbocycles. The second-order valence-electron chi connectivity index (χ2n) is 5.06. The van der Waals surface area contributed by atoms with Gasteiger partial charge in [-0.15, -0.1) is 5.10 Å². The molecule has 0 saturated heterocycles. The molecular formula is C18H16N4O. The number of ether oxygens (including phenoxy) is 1. The number of aryl methyl sites for hydroxylation is 1. The lowest BCUT2D eigenvalue weighted by molar-refractivity contribution is 0.415. The van der Waals surface area contributed by atoms with Crippen molar-refractivity contribution in [3.05, 3.63) is 59.8 Å². The maximum atomic E-state index is 9.35. The monoisotopic (exact) mass is 304 g/mol. The summed E-state index contributed by atoms with van der Waals surface area (Å²) in [6.07, 6.45) is 0.976. The Morgan fingerprint density at radius 2 is 1.96 bits per heavy atom. The van der Waals surface area contributed by atoms with Gasteiger partial charge in [-0.3, -0.25) is 0 Å². The molecule has 23 heavy (non-hydrogen) atoms. The fraction of sp³-hybridized carbons (Fsp3) is 0.167. The Labute approximate surface area is 134 Å². The van der Waals surface area contributed by atoms with Crippen LogP contribution in [0.5, 0.6) is 5.75 Å². The first-order valence-electron chi connectivity index (χ1n) is 7.36. The van der Waals surface area contributed by atoms with Crippen LogP contribution in [0.2, 0.25) is 0 Å². The van der Waals surface area contributed by atoms with E-state index in [1.165, 1.54) is 5.56 Å². The third-order valence-electron chi connectivity index (χ3n) is 3.71. The zero-order chi connectivity index (χ0) is 16.2. The van der Waals surface area contributed by atoms with Gasteiger partial charge in [0.15, 0.2) is 5.69 Å². The van der Waals surface area contributed by atoms with Crippen molar-refractivity contribution >= 4 is 0 Å². The van der Waals surface area contributed by atoms with E-state index in [-0.39, 0.29) is 5.69 Å². The summed E-state index contributed by atoms with van der Waals surface area (Å²) in [5.41, 5.74) is 3.91. The van der Waals surface area contributed by atoms with Crippen molar-refractivity contribution in [3.63, 3.8) is 0 Å². The molecule has 1 heterocycles. The van der Waals surface area contributed by atoms with Crippen LogP contribution < -0.4 is 4.74 Å². The standard InChI is InChI=1S/C18H16N4O/c1-3-13-7-9-15(10-8-13)22-18(17(12-19)20-21-22)14-5-4-6-16(11-14)23-2/h4-11H,3H2,1-2H3. The molecule has 114 valence electrons. The van der Waals surface area contributed by atoms with Crippen LogP contribution in [0.4, 0.5) is 0 Å². The summed E-state index contributed by atoms with van der Waals surface area (Å²) in [7, 11) is 1.61. The van der Waals surface area contributed by atoms with Crippen molar-refractivity contribution in [2.24, 2.45) is 0 Å². The number of hydrogen-bond acceptors (Lipinski definition) is 4. The predicted molar refractivity (Wildman–Crippen MR) is 87.4 cm³/mol. The van der Waals surface area contributed by atoms with Crippen molar-refractivity contribution in [3.8, 4) is 28.8 Å². The fourth-order valence-corrected chi connectivity index (χ4v) is 2.44. The maximum Gasteiger partial charge on any atom is 0.191 e. The molecule has 5 nitrogen and oxygen atoms in total. The molecule has 2 aromatic carbocycles. The fourth-order valence-electron chi connectivity index (χ4n) is 2.44. The molecular weight excluding hydrogens is 288 g/mol. The van der Waals surface area contributed by atoms with E-state index in [9.17, 15) is 5.26 Å². The van der Waals surface area contributed by atoms with E-state index in [1.807, 2.05) is 36.4 Å². The molecule has 0 amide bonds. The van der Waals surface area contributed by atoms with Gasteiger partial charge in [-0.25, -0.2) is 4.68 Å². The SMILES string of the molecule is CCc1ccc(-n2nnc(C#N)c2-c2cccc(OC)c2)cc1. The largest absolute Gasteiger partial charge is 0.497 e. The minimum Gasteiger partial charge on any atom is -0.497 e. The highest BCUT2D eigenvalue weighted by Gasteiger charge is 2.16. The van der Waals surface area contributed by atoms with Crippen LogP contribution in [0.3, 0.4) is 0 Å². The number of nitriles is 1. The highest BCUT2D eigenvalue weighted by atomic mass is 16.5. The first-order valence-corrected chi connectivity index (χ1v) is 7.36. The van der Waals surface area contributed by atoms with E-state index in [1.54, 1.807) is 11.8 Å². The predicted octanol–water partition coefficient (Wildman–Crippen LogP) is 3.38. The van der Waals surface area contributed by atoms with Gasteiger partial charge in [-0.05, 0) is 36.2 Å². The van der Waals surface area contributed by atoms with E-state index in [0.717, 1.165) is 23.4 Å². The molecule has 0 radical (unpaired) electrons. The lowest BCUT2D eigenvalue weighted by Crippen LogP contribution is -2.00. The minimum absolute atomic E-state index is 0.290. The molecule has 0 atom stereocenters. The summed E-state index contributed by atoms with van der Waals surface area (Å²) in [6, 6.07) is 17.7. The third kappa shape index (κ3) is 2.79. The van der Waals surface area contributed by atoms with E-state index in [0.29, 0.717) is 5.69 Å². The summed E-state index contributed by atoms with van der Waals surface area (Å²) in [6.45, 7) is 2.11. The Morgan fingerprint density at radius 3 is 2.61 bits per heavy atom. The number of nitrogens with zero attached hydrogens (tertiary/aromatic N) is 4. The Balaban J connectivity index is 2.15. The van der Waals surface area contributed by atoms with Crippen LogP contribution in [0.1, 0.15) is 18.2 Å². The molecule has 3 aromatic rings. The van der Waals surface area contributed by atoms with Gasteiger partial charge in [0, 0.05) is 5.56 Å². The molecule has 0 N–H and O–H groups in total. The quantitative estimate of drug-likeness (QED) is 0.741. The second-order valence-corrected chi connectivity index (χ2v) is 5.06. The number of rotatable bonds is 4. The van der Waals surface area contributed by atoms with E-state index in [2.05, 4.69) is 35.4 Å². The van der Waals surface area contributed by atoms with Gasteiger partial charge >= 0.3 is 0 Å². The van der Waals surface area contributed by atoms with E-state index >= 15 is 0 Å².